The SMILES string of the molecule is Cn1c(=O)c(C#N)c2c3c(c(Nc4ccccc4)ccc31)C(=O)c1ccccc1-2. The highest BCUT2D eigenvalue weighted by molar-refractivity contribution is 6.28. The molecule has 0 unspecified atom stereocenters. The van der Waals surface area contributed by atoms with Gasteiger partial charge in [0, 0.05) is 29.2 Å². The number of benzene rings is 3. The zero-order chi connectivity index (χ0) is 20.1. The number of aryl methyl sites for hydroxylation is 1. The van der Waals surface area contributed by atoms with Crippen molar-refractivity contribution in [3.05, 3.63) is 93.8 Å². The van der Waals surface area contributed by atoms with Crippen LogP contribution in [0, 0.1) is 11.3 Å². The lowest BCUT2D eigenvalue weighted by atomic mass is 9.81. The molecular weight excluding hydrogens is 362 g/mol. The Labute approximate surface area is 166 Å². The smallest absolute Gasteiger partial charge is 0.269 e. The first-order valence-electron chi connectivity index (χ1n) is 9.17. The first kappa shape index (κ1) is 17.0. The van der Waals surface area contributed by atoms with Crippen molar-refractivity contribution in [2.24, 2.45) is 7.05 Å². The molecule has 5 rings (SSSR count). The third-order valence-electron chi connectivity index (χ3n) is 5.40. The van der Waals surface area contributed by atoms with Gasteiger partial charge in [-0.3, -0.25) is 9.59 Å². The first-order valence-corrected chi connectivity index (χ1v) is 9.17. The van der Waals surface area contributed by atoms with Crippen molar-refractivity contribution in [3.63, 3.8) is 0 Å². The Morgan fingerprint density at radius 2 is 1.55 bits per heavy atom. The lowest BCUT2D eigenvalue weighted by molar-refractivity contribution is 0.104. The third-order valence-corrected chi connectivity index (χ3v) is 5.40. The van der Waals surface area contributed by atoms with Crippen LogP contribution in [0.4, 0.5) is 11.4 Å². The van der Waals surface area contributed by atoms with Crippen LogP contribution in [0.1, 0.15) is 21.5 Å². The van der Waals surface area contributed by atoms with Gasteiger partial charge in [-0.15, -0.1) is 0 Å². The molecule has 0 saturated carbocycles. The van der Waals surface area contributed by atoms with Gasteiger partial charge in [0.1, 0.15) is 11.6 Å². The molecule has 138 valence electrons. The molecule has 1 aliphatic rings. The number of carbonyl (C=O) groups excluding carboxylic acids is 1. The van der Waals surface area contributed by atoms with Crippen LogP contribution in [-0.4, -0.2) is 10.4 Å². The molecule has 0 amide bonds. The summed E-state index contributed by atoms with van der Waals surface area (Å²) in [6.07, 6.45) is 0. The highest BCUT2D eigenvalue weighted by atomic mass is 16.1. The minimum atomic E-state index is -0.367. The van der Waals surface area contributed by atoms with E-state index in [0.717, 1.165) is 5.69 Å². The molecule has 0 fully saturated rings. The number of hydrogen-bond acceptors (Lipinski definition) is 4. The Morgan fingerprint density at radius 1 is 0.862 bits per heavy atom. The van der Waals surface area contributed by atoms with Crippen molar-refractivity contribution in [2.45, 2.75) is 0 Å². The molecule has 1 aromatic heterocycles. The number of ketones is 1. The van der Waals surface area contributed by atoms with Crippen LogP contribution >= 0.6 is 0 Å². The number of hydrogen-bond donors (Lipinski definition) is 1. The molecular formula is C24H15N3O2. The van der Waals surface area contributed by atoms with Gasteiger partial charge in [0.05, 0.1) is 16.8 Å². The van der Waals surface area contributed by atoms with E-state index in [4.69, 9.17) is 0 Å². The average molecular weight is 377 g/mol. The van der Waals surface area contributed by atoms with E-state index < -0.39 is 0 Å². The quantitative estimate of drug-likeness (QED) is 0.496. The molecule has 5 heteroatoms. The second-order valence-corrected chi connectivity index (χ2v) is 6.97. The fourth-order valence-electron chi connectivity index (χ4n) is 4.06. The van der Waals surface area contributed by atoms with Gasteiger partial charge in [-0.05, 0) is 29.8 Å². The Bertz CT molecular complexity index is 1430. The largest absolute Gasteiger partial charge is 0.355 e. The molecule has 29 heavy (non-hydrogen) atoms. The summed E-state index contributed by atoms with van der Waals surface area (Å²) in [5.41, 5.74) is 3.94. The maximum Gasteiger partial charge on any atom is 0.269 e. The molecule has 4 aromatic rings. The minimum absolute atomic E-state index is 0.0538. The molecule has 0 atom stereocenters. The number of aromatic nitrogens is 1. The van der Waals surface area contributed by atoms with Crippen LogP contribution in [0.2, 0.25) is 0 Å². The van der Waals surface area contributed by atoms with E-state index in [-0.39, 0.29) is 16.9 Å². The third kappa shape index (κ3) is 2.33. The van der Waals surface area contributed by atoms with Crippen LogP contribution in [0.25, 0.3) is 22.0 Å². The molecule has 0 radical (unpaired) electrons. The van der Waals surface area contributed by atoms with Crippen LogP contribution < -0.4 is 10.9 Å². The lowest BCUT2D eigenvalue weighted by Crippen LogP contribution is -2.24. The maximum absolute atomic E-state index is 13.5. The van der Waals surface area contributed by atoms with Crippen molar-refractivity contribution in [3.8, 4) is 17.2 Å². The second-order valence-electron chi connectivity index (χ2n) is 6.97. The van der Waals surface area contributed by atoms with E-state index in [1.54, 1.807) is 25.2 Å². The number of nitriles is 1. The van der Waals surface area contributed by atoms with Gasteiger partial charge in [0.25, 0.3) is 5.56 Å². The molecule has 1 N–H and O–H groups in total. The van der Waals surface area contributed by atoms with E-state index in [1.807, 2.05) is 48.5 Å². The Kier molecular flexibility index (Phi) is 3.62. The maximum atomic E-state index is 13.5. The summed E-state index contributed by atoms with van der Waals surface area (Å²) >= 11 is 0. The van der Waals surface area contributed by atoms with E-state index in [2.05, 4.69) is 11.4 Å². The summed E-state index contributed by atoms with van der Waals surface area (Å²) in [6, 6.07) is 22.4. The standard InChI is InChI=1S/C24H15N3O2/c1-27-19-12-11-18(26-14-7-3-2-4-8-14)21-22(19)20(17(13-25)24(27)29)15-9-5-6-10-16(15)23(21)28/h2-12,26H,1H3. The van der Waals surface area contributed by atoms with E-state index >= 15 is 0 Å². The van der Waals surface area contributed by atoms with Crippen LogP contribution in [0.5, 0.6) is 0 Å². The second kappa shape index (κ2) is 6.18. The van der Waals surface area contributed by atoms with Crippen molar-refractivity contribution < 1.29 is 4.79 Å². The number of pyridine rings is 1. The molecule has 5 nitrogen and oxygen atoms in total. The summed E-state index contributed by atoms with van der Waals surface area (Å²) in [7, 11) is 1.63. The summed E-state index contributed by atoms with van der Waals surface area (Å²) < 4.78 is 1.44. The van der Waals surface area contributed by atoms with Crippen LogP contribution in [0.15, 0.2) is 71.5 Å². The van der Waals surface area contributed by atoms with Crippen molar-refractivity contribution in [1.82, 2.24) is 4.57 Å². The molecule has 3 aromatic carbocycles. The highest BCUT2D eigenvalue weighted by Crippen LogP contribution is 2.43. The minimum Gasteiger partial charge on any atom is -0.355 e. The predicted octanol–water partition coefficient (Wildman–Crippen LogP) is 4.37. The Hall–Kier alpha value is -4.17. The monoisotopic (exact) mass is 377 g/mol. The summed E-state index contributed by atoms with van der Waals surface area (Å²) in [6.45, 7) is 0. The Balaban J connectivity index is 1.95. The number of nitrogens with zero attached hydrogens (tertiary/aromatic N) is 2. The molecule has 0 bridgehead atoms. The van der Waals surface area contributed by atoms with Gasteiger partial charge in [-0.1, -0.05) is 42.5 Å². The number of nitrogens with one attached hydrogen (secondary N) is 1. The normalized spacial score (nSPS) is 11.8. The number of para-hydroxylation sites is 1. The van der Waals surface area contributed by atoms with E-state index in [0.29, 0.717) is 38.8 Å². The van der Waals surface area contributed by atoms with Gasteiger partial charge >= 0.3 is 0 Å². The zero-order valence-electron chi connectivity index (χ0n) is 15.6. The number of rotatable bonds is 2. The average Bonchev–Trinajstić information content (AvgIpc) is 2.76. The Morgan fingerprint density at radius 3 is 2.28 bits per heavy atom. The number of anilines is 2. The summed E-state index contributed by atoms with van der Waals surface area (Å²) in [5.74, 6) is -0.125. The van der Waals surface area contributed by atoms with Crippen molar-refractivity contribution in [1.29, 1.82) is 5.26 Å². The fraction of sp³-hybridized carbons (Fsp3) is 0.0417. The molecule has 1 heterocycles. The zero-order valence-corrected chi connectivity index (χ0v) is 15.6. The summed E-state index contributed by atoms with van der Waals surface area (Å²) in [4.78, 5) is 26.3. The van der Waals surface area contributed by atoms with Crippen LogP contribution in [-0.2, 0) is 7.05 Å². The molecule has 1 aliphatic carbocycles. The van der Waals surface area contributed by atoms with E-state index in [9.17, 15) is 14.9 Å². The fourth-order valence-corrected chi connectivity index (χ4v) is 4.06. The molecule has 0 aliphatic heterocycles. The summed E-state index contributed by atoms with van der Waals surface area (Å²) in [5, 5.41) is 13.7. The van der Waals surface area contributed by atoms with Gasteiger partial charge < -0.3 is 9.88 Å². The number of carbonyl (C=O) groups is 1. The van der Waals surface area contributed by atoms with Gasteiger partial charge in [0.2, 0.25) is 0 Å². The number of fused-ring (bicyclic) bond motifs is 2. The van der Waals surface area contributed by atoms with Crippen molar-refractivity contribution >= 4 is 28.1 Å². The van der Waals surface area contributed by atoms with Gasteiger partial charge in [0.15, 0.2) is 5.78 Å². The van der Waals surface area contributed by atoms with Gasteiger partial charge in [-0.25, -0.2) is 0 Å². The predicted molar refractivity (Wildman–Crippen MR) is 112 cm³/mol. The van der Waals surface area contributed by atoms with Crippen molar-refractivity contribution in [2.75, 3.05) is 5.32 Å². The molecule has 0 saturated heterocycles. The van der Waals surface area contributed by atoms with E-state index in [1.165, 1.54) is 4.57 Å². The lowest BCUT2D eigenvalue weighted by Gasteiger charge is -2.24. The topological polar surface area (TPSA) is 74.9 Å². The first-order chi connectivity index (χ1) is 14.1. The van der Waals surface area contributed by atoms with Crippen LogP contribution in [0.3, 0.4) is 0 Å². The molecule has 0 spiro atoms. The van der Waals surface area contributed by atoms with Gasteiger partial charge in [-0.2, -0.15) is 5.26 Å². The highest BCUT2D eigenvalue weighted by Gasteiger charge is 2.31.